The Bertz CT molecular complexity index is 2300. The van der Waals surface area contributed by atoms with Crippen molar-refractivity contribution in [1.82, 2.24) is 0 Å². The molecular weight excluding hydrogens is 876 g/mol. The van der Waals surface area contributed by atoms with Crippen molar-refractivity contribution in [3.8, 4) is 0 Å². The molecule has 0 fully saturated rings. The number of hydrogen-bond acceptors (Lipinski definition) is 16. The predicted molar refractivity (Wildman–Crippen MR) is 237 cm³/mol. The van der Waals surface area contributed by atoms with E-state index in [0.29, 0.717) is 11.6 Å². The summed E-state index contributed by atoms with van der Waals surface area (Å²) in [4.78, 5) is 95.5. The molecule has 1 aliphatic rings. The van der Waals surface area contributed by atoms with Crippen molar-refractivity contribution in [2.45, 2.75) is 64.3 Å². The summed E-state index contributed by atoms with van der Waals surface area (Å²) in [6.45, 7) is 4.85. The van der Waals surface area contributed by atoms with Gasteiger partial charge in [0.25, 0.3) is 17.1 Å². The number of methoxy groups -OCH3 is 3. The largest absolute Gasteiger partial charge is 0.481 e. The summed E-state index contributed by atoms with van der Waals surface area (Å²) in [6.07, 6.45) is 0.284. The fourth-order valence-corrected chi connectivity index (χ4v) is 5.87. The van der Waals surface area contributed by atoms with Crippen LogP contribution in [0.3, 0.4) is 0 Å². The SMILES string of the molecule is CC(=O)CCl.COC(=O)C(CC(C)=O)c1ccccc1[N+](=O)[O-].COC(=O)Cc1ccccc1[N+](=O)[O-].COC(=O)[C@@H]1C[C@H](C)Nc2ccccc21.O=C(O)Cc1ccccc1[N+](=O)[O-]. The summed E-state index contributed by atoms with van der Waals surface area (Å²) in [5.41, 5.74) is 2.49. The third-order valence-electron chi connectivity index (χ3n) is 8.77. The lowest BCUT2D eigenvalue weighted by Gasteiger charge is -2.29. The zero-order valence-electron chi connectivity index (χ0n) is 36.3. The number of nitrogens with zero attached hydrogens (tertiary/aromatic N) is 3. The van der Waals surface area contributed by atoms with Crippen LogP contribution in [0.1, 0.15) is 67.7 Å². The smallest absolute Gasteiger partial charge is 0.313 e. The average Bonchev–Trinajstić information content (AvgIpc) is 3.28. The first kappa shape index (κ1) is 55.4. The second kappa shape index (κ2) is 28.9. The van der Waals surface area contributed by atoms with Crippen molar-refractivity contribution in [3.63, 3.8) is 0 Å². The Kier molecular flexibility index (Phi) is 24.6. The van der Waals surface area contributed by atoms with Crippen LogP contribution in [0.5, 0.6) is 0 Å². The summed E-state index contributed by atoms with van der Waals surface area (Å²) in [6, 6.07) is 26.0. The number of carboxylic acids is 1. The highest BCUT2D eigenvalue weighted by molar-refractivity contribution is 6.27. The maximum Gasteiger partial charge on any atom is 0.313 e. The molecule has 0 saturated heterocycles. The Labute approximate surface area is 378 Å². The number of carboxylic acid groups (broad SMARTS) is 1. The monoisotopic (exact) mass is 924 g/mol. The van der Waals surface area contributed by atoms with Crippen LogP contribution in [0.25, 0.3) is 0 Å². The highest BCUT2D eigenvalue weighted by Crippen LogP contribution is 2.35. The topological polar surface area (TPSA) is 292 Å². The fourth-order valence-electron chi connectivity index (χ4n) is 5.87. The first-order valence-electron chi connectivity index (χ1n) is 19.2. The second-order valence-corrected chi connectivity index (χ2v) is 13.9. The summed E-state index contributed by atoms with van der Waals surface area (Å²) >= 11 is 4.99. The van der Waals surface area contributed by atoms with Crippen molar-refractivity contribution in [1.29, 1.82) is 0 Å². The lowest BCUT2D eigenvalue weighted by molar-refractivity contribution is -0.385. The average molecular weight is 925 g/mol. The van der Waals surface area contributed by atoms with Crippen LogP contribution in [0.4, 0.5) is 22.7 Å². The molecular formula is C44H49ClN4O16. The van der Waals surface area contributed by atoms with Gasteiger partial charge in [-0.2, -0.15) is 0 Å². The summed E-state index contributed by atoms with van der Waals surface area (Å²) in [5, 5.41) is 43.7. The second-order valence-electron chi connectivity index (χ2n) is 13.7. The van der Waals surface area contributed by atoms with E-state index in [2.05, 4.69) is 21.7 Å². The highest BCUT2D eigenvalue weighted by Gasteiger charge is 2.31. The van der Waals surface area contributed by atoms with Crippen LogP contribution >= 0.6 is 11.6 Å². The molecule has 0 aromatic heterocycles. The van der Waals surface area contributed by atoms with Gasteiger partial charge < -0.3 is 24.6 Å². The minimum absolute atomic E-state index is 0.0201. The molecule has 65 heavy (non-hydrogen) atoms. The Morgan fingerprint density at radius 1 is 0.692 bits per heavy atom. The number of ketones is 2. The number of anilines is 1. The zero-order valence-corrected chi connectivity index (χ0v) is 37.1. The molecule has 0 aliphatic carbocycles. The third-order valence-corrected chi connectivity index (χ3v) is 9.14. The molecule has 3 atom stereocenters. The van der Waals surface area contributed by atoms with Gasteiger partial charge in [-0.25, -0.2) is 0 Å². The number of aliphatic carboxylic acids is 1. The molecule has 0 radical (unpaired) electrons. The van der Waals surface area contributed by atoms with Crippen LogP contribution < -0.4 is 5.32 Å². The van der Waals surface area contributed by atoms with E-state index in [1.165, 1.54) is 83.7 Å². The molecule has 0 amide bonds. The number of carbonyl (C=O) groups excluding carboxylic acids is 5. The molecule has 2 N–H and O–H groups in total. The van der Waals surface area contributed by atoms with Crippen molar-refractivity contribution in [2.24, 2.45) is 0 Å². The number of para-hydroxylation sites is 4. The maximum atomic E-state index is 11.6. The van der Waals surface area contributed by atoms with Crippen LogP contribution in [0.15, 0.2) is 97.1 Å². The Hall–Kier alpha value is -7.61. The Balaban J connectivity index is 0.000000421. The maximum absolute atomic E-state index is 11.6. The van der Waals surface area contributed by atoms with Gasteiger partial charge in [-0.15, -0.1) is 11.6 Å². The molecule has 4 aromatic carbocycles. The van der Waals surface area contributed by atoms with Crippen LogP contribution in [-0.4, -0.2) is 88.6 Å². The number of nitro benzene ring substituents is 3. The van der Waals surface area contributed by atoms with E-state index >= 15 is 0 Å². The van der Waals surface area contributed by atoms with Gasteiger partial charge in [0.15, 0.2) is 0 Å². The molecule has 0 spiro atoms. The predicted octanol–water partition coefficient (Wildman–Crippen LogP) is 7.32. The van der Waals surface area contributed by atoms with Crippen LogP contribution in [0, 0.1) is 30.3 Å². The van der Waals surface area contributed by atoms with Crippen LogP contribution in [-0.2, 0) is 55.8 Å². The van der Waals surface area contributed by atoms with Gasteiger partial charge in [-0.1, -0.05) is 72.8 Å². The van der Waals surface area contributed by atoms with Crippen LogP contribution in [0.2, 0.25) is 0 Å². The zero-order chi connectivity index (χ0) is 49.2. The van der Waals surface area contributed by atoms with E-state index in [9.17, 15) is 59.1 Å². The number of halogens is 1. The van der Waals surface area contributed by atoms with Crippen molar-refractivity contribution in [3.05, 3.63) is 150 Å². The Morgan fingerprint density at radius 3 is 1.60 bits per heavy atom. The van der Waals surface area contributed by atoms with E-state index in [1.807, 2.05) is 24.3 Å². The van der Waals surface area contributed by atoms with Gasteiger partial charge in [0.2, 0.25) is 0 Å². The number of carbonyl (C=O) groups is 6. The number of rotatable bonds is 13. The fraction of sp³-hybridized carbons (Fsp3) is 0.318. The van der Waals surface area contributed by atoms with Gasteiger partial charge in [-0.05, 0) is 38.8 Å². The summed E-state index contributed by atoms with van der Waals surface area (Å²) in [7, 11) is 3.87. The van der Waals surface area contributed by atoms with E-state index in [1.54, 1.807) is 24.3 Å². The molecule has 1 aliphatic heterocycles. The van der Waals surface area contributed by atoms with Gasteiger partial charge in [0.05, 0.1) is 66.7 Å². The highest BCUT2D eigenvalue weighted by atomic mass is 35.5. The number of esters is 3. The number of hydrogen-bond donors (Lipinski definition) is 2. The minimum atomic E-state index is -1.07. The number of nitro groups is 3. The van der Waals surface area contributed by atoms with Gasteiger partial charge >= 0.3 is 23.9 Å². The molecule has 5 rings (SSSR count). The number of alkyl halides is 1. The minimum Gasteiger partial charge on any atom is -0.481 e. The molecule has 0 bridgehead atoms. The van der Waals surface area contributed by atoms with E-state index < -0.39 is 38.6 Å². The number of fused-ring (bicyclic) bond motifs is 1. The van der Waals surface area contributed by atoms with Crippen molar-refractivity contribution < 1.29 is 62.9 Å². The molecule has 1 heterocycles. The lowest BCUT2D eigenvalue weighted by atomic mass is 9.87. The number of ether oxygens (including phenoxy) is 3. The van der Waals surface area contributed by atoms with E-state index in [0.717, 1.165) is 17.7 Å². The molecule has 348 valence electrons. The summed E-state index contributed by atoms with van der Waals surface area (Å²) < 4.78 is 13.8. The first-order chi connectivity index (χ1) is 30.7. The molecule has 4 aromatic rings. The Morgan fingerprint density at radius 2 is 1.15 bits per heavy atom. The van der Waals surface area contributed by atoms with E-state index in [4.69, 9.17) is 21.4 Å². The first-order valence-corrected chi connectivity index (χ1v) is 19.8. The van der Waals surface area contributed by atoms with Crippen molar-refractivity contribution in [2.75, 3.05) is 32.5 Å². The normalized spacial score (nSPS) is 13.3. The lowest BCUT2D eigenvalue weighted by Crippen LogP contribution is -2.29. The van der Waals surface area contributed by atoms with Gasteiger partial charge in [0, 0.05) is 53.0 Å². The number of nitrogens with one attached hydrogen (secondary N) is 1. The van der Waals surface area contributed by atoms with Crippen molar-refractivity contribution >= 4 is 69.8 Å². The van der Waals surface area contributed by atoms with E-state index in [-0.39, 0.29) is 76.8 Å². The molecule has 21 heteroatoms. The third kappa shape index (κ3) is 19.5. The quantitative estimate of drug-likeness (QED) is 0.0436. The number of Topliss-reactive ketones (excluding diaryl/α,β-unsaturated/α-hetero) is 2. The molecule has 0 saturated carbocycles. The summed E-state index contributed by atoms with van der Waals surface area (Å²) in [5.74, 6) is -3.49. The molecule has 20 nitrogen and oxygen atoms in total. The standard InChI is InChI=1S/C12H13NO5.C12H15NO2.C9H9NO4.C8H7NO4.C3H5ClO/c1-8(14)7-10(12(15)18-2)9-5-3-4-6-11(9)13(16)17;1-8-7-10(12(14)15-2)9-5-3-4-6-11(9)13-8;1-14-9(11)6-7-4-2-3-5-8(7)10(12)13;10-8(11)5-6-3-1-2-4-7(6)9(12)13;1-3(5)2-4/h3-6,10H,7H2,1-2H3;3-6,8,10,13H,7H2,1-2H3;2-5H,6H2,1H3;1-4H,5H2,(H,10,11);2H2,1H3/t;8-,10+;;;/m.0.../s1. The number of benzene rings is 4. The van der Waals surface area contributed by atoms with Gasteiger partial charge in [0.1, 0.15) is 11.6 Å². The van der Waals surface area contributed by atoms with Gasteiger partial charge in [-0.3, -0.25) is 59.1 Å². The molecule has 1 unspecified atom stereocenters.